The number of halogens is 1. The van der Waals surface area contributed by atoms with E-state index in [9.17, 15) is 0 Å². The van der Waals surface area contributed by atoms with Crippen molar-refractivity contribution in [1.82, 2.24) is 5.43 Å². The minimum atomic E-state index is 0. The molecule has 0 atom stereocenters. The number of nitrogens with one attached hydrogen (secondary N) is 1. The molecule has 0 saturated carbocycles. The van der Waals surface area contributed by atoms with Crippen LogP contribution in [-0.4, -0.2) is 12.4 Å². The van der Waals surface area contributed by atoms with Gasteiger partial charge in [0.1, 0.15) is 5.84 Å². The molecule has 0 aromatic heterocycles. The van der Waals surface area contributed by atoms with E-state index in [4.69, 9.17) is 5.73 Å². The van der Waals surface area contributed by atoms with Crippen LogP contribution in [0.1, 0.15) is 6.42 Å². The summed E-state index contributed by atoms with van der Waals surface area (Å²) in [7, 11) is 0. The zero-order valence-corrected chi connectivity index (χ0v) is 4.66. The Kier molecular flexibility index (Phi) is 2.52. The topological polar surface area (TPSA) is 50.4 Å². The minimum absolute atomic E-state index is 0. The second kappa shape index (κ2) is 2.69. The van der Waals surface area contributed by atoms with Crippen molar-refractivity contribution in [1.29, 1.82) is 0 Å². The highest BCUT2D eigenvalue weighted by atomic mass is 35.5. The van der Waals surface area contributed by atoms with Crippen LogP contribution in [0.2, 0.25) is 0 Å². The first-order valence-corrected chi connectivity index (χ1v) is 1.94. The van der Waals surface area contributed by atoms with E-state index in [0.717, 1.165) is 18.8 Å². The lowest BCUT2D eigenvalue weighted by atomic mass is 10.4. The summed E-state index contributed by atoms with van der Waals surface area (Å²) in [6.45, 7) is 0.909. The molecule has 0 saturated heterocycles. The van der Waals surface area contributed by atoms with Gasteiger partial charge in [0.15, 0.2) is 0 Å². The predicted molar refractivity (Wildman–Crippen MR) is 31.5 cm³/mol. The van der Waals surface area contributed by atoms with Gasteiger partial charge in [-0.2, -0.15) is 5.10 Å². The lowest BCUT2D eigenvalue weighted by Crippen LogP contribution is -2.06. The Bertz CT molecular complexity index is 80.2. The van der Waals surface area contributed by atoms with E-state index in [1.807, 2.05) is 0 Å². The molecule has 0 amide bonds. The molecule has 0 spiro atoms. The number of nitrogens with zero attached hydrogens (tertiary/aromatic N) is 1. The van der Waals surface area contributed by atoms with Crippen molar-refractivity contribution in [2.24, 2.45) is 10.8 Å². The zero-order chi connectivity index (χ0) is 4.41. The third-order valence-corrected chi connectivity index (χ3v) is 0.716. The van der Waals surface area contributed by atoms with Crippen LogP contribution in [0.15, 0.2) is 5.10 Å². The molecule has 4 heteroatoms. The first kappa shape index (κ1) is 6.56. The summed E-state index contributed by atoms with van der Waals surface area (Å²) in [6.07, 6.45) is 0.903. The van der Waals surface area contributed by atoms with Crippen LogP contribution < -0.4 is 11.2 Å². The quantitative estimate of drug-likeness (QED) is 0.461. The Hall–Kier alpha value is -0.440. The normalized spacial score (nSPS) is 16.9. The zero-order valence-electron chi connectivity index (χ0n) is 3.85. The van der Waals surface area contributed by atoms with Gasteiger partial charge in [-0.05, 0) is 0 Å². The number of nitrogens with two attached hydrogens (primary N) is 1. The van der Waals surface area contributed by atoms with E-state index in [0.29, 0.717) is 0 Å². The van der Waals surface area contributed by atoms with E-state index in [1.165, 1.54) is 0 Å². The fraction of sp³-hybridized carbons (Fsp3) is 0.667. The van der Waals surface area contributed by atoms with E-state index < -0.39 is 0 Å². The summed E-state index contributed by atoms with van der Waals surface area (Å²) in [5.41, 5.74) is 7.96. The summed E-state index contributed by atoms with van der Waals surface area (Å²) >= 11 is 0. The molecule has 1 rings (SSSR count). The van der Waals surface area contributed by atoms with E-state index in [-0.39, 0.29) is 12.4 Å². The molecule has 0 unspecified atom stereocenters. The van der Waals surface area contributed by atoms with Crippen molar-refractivity contribution >= 4 is 18.2 Å². The fourth-order valence-corrected chi connectivity index (χ4v) is 0.397. The first-order valence-electron chi connectivity index (χ1n) is 1.94. The highest BCUT2D eigenvalue weighted by Gasteiger charge is 1.96. The first-order chi connectivity index (χ1) is 2.89. The Labute approximate surface area is 48.4 Å². The molecule has 1 aliphatic rings. The van der Waals surface area contributed by atoms with Gasteiger partial charge >= 0.3 is 0 Å². The van der Waals surface area contributed by atoms with Crippen LogP contribution in [0.4, 0.5) is 0 Å². The van der Waals surface area contributed by atoms with Crippen molar-refractivity contribution in [2.75, 3.05) is 6.54 Å². The number of amidine groups is 1. The van der Waals surface area contributed by atoms with Crippen molar-refractivity contribution in [2.45, 2.75) is 6.42 Å². The Balaban J connectivity index is 0.000000360. The standard InChI is InChI=1S/C3H7N3.ClH/c4-3-1-2-5-6-3;/h5H,1-2H2,(H2,4,6);1H. The van der Waals surface area contributed by atoms with E-state index in [2.05, 4.69) is 10.5 Å². The van der Waals surface area contributed by atoms with Crippen molar-refractivity contribution in [3.05, 3.63) is 0 Å². The van der Waals surface area contributed by atoms with Crippen molar-refractivity contribution in [3.8, 4) is 0 Å². The summed E-state index contributed by atoms with van der Waals surface area (Å²) < 4.78 is 0. The molecule has 0 fully saturated rings. The molecular weight excluding hydrogens is 114 g/mol. The van der Waals surface area contributed by atoms with Gasteiger partial charge in [-0.3, -0.25) is 0 Å². The summed E-state index contributed by atoms with van der Waals surface area (Å²) in [5, 5.41) is 3.68. The van der Waals surface area contributed by atoms with Gasteiger partial charge in [-0.25, -0.2) is 0 Å². The average Bonchev–Trinajstić information content (AvgIpc) is 1.86. The molecule has 0 radical (unpaired) electrons. The molecule has 0 aromatic rings. The van der Waals surface area contributed by atoms with Gasteiger partial charge in [-0.1, -0.05) is 0 Å². The largest absolute Gasteiger partial charge is 0.386 e. The predicted octanol–water partition coefficient (Wildman–Crippen LogP) is -0.326. The molecule has 7 heavy (non-hydrogen) atoms. The summed E-state index contributed by atoms with van der Waals surface area (Å²) in [4.78, 5) is 0. The van der Waals surface area contributed by atoms with Crippen LogP contribution in [0.5, 0.6) is 0 Å². The monoisotopic (exact) mass is 121 g/mol. The molecule has 42 valence electrons. The average molecular weight is 122 g/mol. The lowest BCUT2D eigenvalue weighted by molar-refractivity contribution is 0.813. The molecule has 0 aliphatic carbocycles. The Morgan fingerprint density at radius 2 is 2.43 bits per heavy atom. The number of hydrogen-bond acceptors (Lipinski definition) is 3. The smallest absolute Gasteiger partial charge is 0.121 e. The molecular formula is C3H8ClN3. The maximum atomic E-state index is 5.22. The third kappa shape index (κ3) is 1.64. The SMILES string of the molecule is Cl.NC1=NNCC1. The highest BCUT2D eigenvalue weighted by molar-refractivity contribution is 5.85. The maximum absolute atomic E-state index is 5.22. The molecule has 0 aromatic carbocycles. The third-order valence-electron chi connectivity index (χ3n) is 0.716. The van der Waals surface area contributed by atoms with Crippen LogP contribution in [0, 0.1) is 0 Å². The maximum Gasteiger partial charge on any atom is 0.121 e. The molecule has 3 N–H and O–H groups in total. The summed E-state index contributed by atoms with van der Waals surface area (Å²) in [5.74, 6) is 0.718. The van der Waals surface area contributed by atoms with Crippen LogP contribution in [0.25, 0.3) is 0 Å². The number of hydrazone groups is 1. The van der Waals surface area contributed by atoms with Crippen LogP contribution >= 0.6 is 12.4 Å². The van der Waals surface area contributed by atoms with Crippen molar-refractivity contribution in [3.63, 3.8) is 0 Å². The fourth-order valence-electron chi connectivity index (χ4n) is 0.397. The van der Waals surface area contributed by atoms with Gasteiger partial charge in [-0.15, -0.1) is 12.4 Å². The van der Waals surface area contributed by atoms with Gasteiger partial charge in [0.05, 0.1) is 0 Å². The molecule has 1 aliphatic heterocycles. The van der Waals surface area contributed by atoms with E-state index >= 15 is 0 Å². The van der Waals surface area contributed by atoms with Crippen LogP contribution in [0.3, 0.4) is 0 Å². The second-order valence-electron chi connectivity index (χ2n) is 1.26. The van der Waals surface area contributed by atoms with Gasteiger partial charge in [0, 0.05) is 13.0 Å². The highest BCUT2D eigenvalue weighted by Crippen LogP contribution is 1.82. The number of hydrogen-bond donors (Lipinski definition) is 2. The Morgan fingerprint density at radius 3 is 2.57 bits per heavy atom. The second-order valence-corrected chi connectivity index (χ2v) is 1.26. The van der Waals surface area contributed by atoms with Gasteiger partial charge in [0.2, 0.25) is 0 Å². The van der Waals surface area contributed by atoms with Gasteiger partial charge < -0.3 is 11.2 Å². The number of rotatable bonds is 0. The summed E-state index contributed by atoms with van der Waals surface area (Å²) in [6, 6.07) is 0. The molecule has 3 nitrogen and oxygen atoms in total. The van der Waals surface area contributed by atoms with Crippen LogP contribution in [-0.2, 0) is 0 Å². The Morgan fingerprint density at radius 1 is 1.71 bits per heavy atom. The van der Waals surface area contributed by atoms with Gasteiger partial charge in [0.25, 0.3) is 0 Å². The lowest BCUT2D eigenvalue weighted by Gasteiger charge is -1.75. The van der Waals surface area contributed by atoms with E-state index in [1.54, 1.807) is 0 Å². The molecule has 1 heterocycles. The van der Waals surface area contributed by atoms with Crippen molar-refractivity contribution < 1.29 is 0 Å². The minimum Gasteiger partial charge on any atom is -0.386 e. The molecule has 0 bridgehead atoms.